The van der Waals surface area contributed by atoms with Gasteiger partial charge in [0.25, 0.3) is 0 Å². The van der Waals surface area contributed by atoms with Crippen LogP contribution in [0.2, 0.25) is 0 Å². The van der Waals surface area contributed by atoms with E-state index in [2.05, 4.69) is 5.92 Å². The summed E-state index contributed by atoms with van der Waals surface area (Å²) in [6.45, 7) is 0. The zero-order valence-corrected chi connectivity index (χ0v) is 8.74. The fourth-order valence-corrected chi connectivity index (χ4v) is 2.80. The van der Waals surface area contributed by atoms with E-state index in [0.29, 0.717) is 12.2 Å². The largest absolute Gasteiger partial charge is 0.298 e. The quantitative estimate of drug-likeness (QED) is 0.643. The van der Waals surface area contributed by atoms with Gasteiger partial charge in [0.05, 0.1) is 12.2 Å². The highest BCUT2D eigenvalue weighted by atomic mass is 32.2. The SMILES string of the molecule is C#CCC(=O)CSC1CCCCC1. The molecule has 1 nitrogen and oxygen atoms in total. The van der Waals surface area contributed by atoms with Crippen LogP contribution in [0.15, 0.2) is 0 Å². The van der Waals surface area contributed by atoms with Crippen LogP contribution in [0.1, 0.15) is 38.5 Å². The zero-order valence-electron chi connectivity index (χ0n) is 7.92. The molecule has 0 amide bonds. The van der Waals surface area contributed by atoms with E-state index in [1.165, 1.54) is 32.1 Å². The summed E-state index contributed by atoms with van der Waals surface area (Å²) in [6.07, 6.45) is 12.0. The molecule has 1 rings (SSSR count). The van der Waals surface area contributed by atoms with Crippen LogP contribution in [-0.2, 0) is 4.79 Å². The van der Waals surface area contributed by atoms with E-state index < -0.39 is 0 Å². The maximum Gasteiger partial charge on any atom is 0.154 e. The minimum absolute atomic E-state index is 0.207. The minimum atomic E-state index is 0.207. The predicted octanol–water partition coefficient (Wildman–Crippen LogP) is 2.64. The average molecular weight is 196 g/mol. The Labute approximate surface area is 84.7 Å². The van der Waals surface area contributed by atoms with Crippen LogP contribution in [-0.4, -0.2) is 16.8 Å². The van der Waals surface area contributed by atoms with E-state index in [4.69, 9.17) is 6.42 Å². The third kappa shape index (κ3) is 4.38. The molecule has 13 heavy (non-hydrogen) atoms. The average Bonchev–Trinajstić information content (AvgIpc) is 2.17. The number of terminal acetylenes is 1. The van der Waals surface area contributed by atoms with Gasteiger partial charge in [0.1, 0.15) is 0 Å². The van der Waals surface area contributed by atoms with Crippen molar-refractivity contribution >= 4 is 17.5 Å². The lowest BCUT2D eigenvalue weighted by Crippen LogP contribution is -2.11. The van der Waals surface area contributed by atoms with Crippen molar-refractivity contribution in [1.29, 1.82) is 0 Å². The number of Topliss-reactive ketones (excluding diaryl/α,β-unsaturated/α-hetero) is 1. The van der Waals surface area contributed by atoms with Crippen molar-refractivity contribution in [2.24, 2.45) is 0 Å². The summed E-state index contributed by atoms with van der Waals surface area (Å²) in [5, 5.41) is 0.718. The Balaban J connectivity index is 2.10. The van der Waals surface area contributed by atoms with E-state index in [1.807, 2.05) is 0 Å². The summed E-state index contributed by atoms with van der Waals surface area (Å²) < 4.78 is 0. The van der Waals surface area contributed by atoms with Gasteiger partial charge in [-0.3, -0.25) is 4.79 Å². The number of ketones is 1. The summed E-state index contributed by atoms with van der Waals surface area (Å²) in [7, 11) is 0. The van der Waals surface area contributed by atoms with Gasteiger partial charge in [0.2, 0.25) is 0 Å². The molecule has 0 aromatic carbocycles. The Kier molecular flexibility index (Phi) is 5.00. The molecule has 0 aromatic heterocycles. The van der Waals surface area contributed by atoms with E-state index in [1.54, 1.807) is 11.8 Å². The van der Waals surface area contributed by atoms with Crippen LogP contribution in [0.4, 0.5) is 0 Å². The molecule has 0 atom stereocenters. The van der Waals surface area contributed by atoms with Gasteiger partial charge in [-0.1, -0.05) is 25.2 Å². The van der Waals surface area contributed by atoms with E-state index in [0.717, 1.165) is 5.25 Å². The Morgan fingerprint density at radius 1 is 1.38 bits per heavy atom. The Morgan fingerprint density at radius 2 is 2.08 bits per heavy atom. The lowest BCUT2D eigenvalue weighted by atomic mass is 10.0. The second kappa shape index (κ2) is 6.10. The molecular weight excluding hydrogens is 180 g/mol. The molecule has 72 valence electrons. The van der Waals surface area contributed by atoms with Gasteiger partial charge in [-0.15, -0.1) is 6.42 Å². The van der Waals surface area contributed by atoms with E-state index in [9.17, 15) is 4.79 Å². The van der Waals surface area contributed by atoms with Gasteiger partial charge in [-0.25, -0.2) is 0 Å². The molecule has 2 heteroatoms. The van der Waals surface area contributed by atoms with Gasteiger partial charge >= 0.3 is 0 Å². The molecule has 0 spiro atoms. The topological polar surface area (TPSA) is 17.1 Å². The van der Waals surface area contributed by atoms with Gasteiger partial charge in [-0.05, 0) is 12.8 Å². The number of hydrogen-bond donors (Lipinski definition) is 0. The van der Waals surface area contributed by atoms with Crippen LogP contribution < -0.4 is 0 Å². The third-order valence-electron chi connectivity index (χ3n) is 2.33. The fourth-order valence-electron chi connectivity index (χ4n) is 1.61. The summed E-state index contributed by atoms with van der Waals surface area (Å²) in [5.41, 5.74) is 0. The first-order valence-electron chi connectivity index (χ1n) is 4.89. The molecule has 0 bridgehead atoms. The third-order valence-corrected chi connectivity index (χ3v) is 3.76. The minimum Gasteiger partial charge on any atom is -0.298 e. The molecule has 0 aromatic rings. The van der Waals surface area contributed by atoms with Crippen molar-refractivity contribution in [2.45, 2.75) is 43.8 Å². The first-order chi connectivity index (χ1) is 6.33. The van der Waals surface area contributed by atoms with Crippen molar-refractivity contribution in [3.8, 4) is 12.3 Å². The first-order valence-corrected chi connectivity index (χ1v) is 5.94. The molecule has 1 saturated carbocycles. The van der Waals surface area contributed by atoms with Crippen LogP contribution >= 0.6 is 11.8 Å². The molecule has 0 saturated heterocycles. The molecule has 1 aliphatic carbocycles. The number of thioether (sulfide) groups is 1. The maximum absolute atomic E-state index is 11.1. The summed E-state index contributed by atoms with van der Waals surface area (Å²) in [5.74, 6) is 3.22. The highest BCUT2D eigenvalue weighted by Gasteiger charge is 2.14. The van der Waals surface area contributed by atoms with Crippen molar-refractivity contribution in [2.75, 3.05) is 5.75 Å². The Bertz CT molecular complexity index is 199. The highest BCUT2D eigenvalue weighted by Crippen LogP contribution is 2.28. The summed E-state index contributed by atoms with van der Waals surface area (Å²) in [4.78, 5) is 11.1. The monoisotopic (exact) mass is 196 g/mol. The molecule has 0 heterocycles. The van der Waals surface area contributed by atoms with Gasteiger partial charge < -0.3 is 0 Å². The molecule has 0 radical (unpaired) electrons. The lowest BCUT2D eigenvalue weighted by molar-refractivity contribution is -0.115. The molecule has 0 unspecified atom stereocenters. The Hall–Kier alpha value is -0.420. The Morgan fingerprint density at radius 3 is 2.69 bits per heavy atom. The van der Waals surface area contributed by atoms with Crippen molar-refractivity contribution < 1.29 is 4.79 Å². The van der Waals surface area contributed by atoms with E-state index >= 15 is 0 Å². The van der Waals surface area contributed by atoms with Gasteiger partial charge in [0.15, 0.2) is 5.78 Å². The summed E-state index contributed by atoms with van der Waals surface area (Å²) >= 11 is 1.80. The molecule has 1 fully saturated rings. The van der Waals surface area contributed by atoms with Crippen molar-refractivity contribution in [3.05, 3.63) is 0 Å². The number of rotatable bonds is 4. The lowest BCUT2D eigenvalue weighted by Gasteiger charge is -2.20. The van der Waals surface area contributed by atoms with Crippen LogP contribution in [0.25, 0.3) is 0 Å². The number of carbonyl (C=O) groups is 1. The first kappa shape index (κ1) is 10.7. The fraction of sp³-hybridized carbons (Fsp3) is 0.727. The van der Waals surface area contributed by atoms with Crippen molar-refractivity contribution in [3.63, 3.8) is 0 Å². The van der Waals surface area contributed by atoms with Crippen molar-refractivity contribution in [1.82, 2.24) is 0 Å². The smallest absolute Gasteiger partial charge is 0.154 e. The molecule has 0 N–H and O–H groups in total. The highest BCUT2D eigenvalue weighted by molar-refractivity contribution is 8.00. The molecule has 0 aliphatic heterocycles. The number of hydrogen-bond acceptors (Lipinski definition) is 2. The second-order valence-corrected chi connectivity index (χ2v) is 4.78. The van der Waals surface area contributed by atoms with Gasteiger partial charge in [0, 0.05) is 5.25 Å². The van der Waals surface area contributed by atoms with Crippen LogP contribution in [0, 0.1) is 12.3 Å². The predicted molar refractivity (Wildman–Crippen MR) is 57.8 cm³/mol. The molecule has 1 aliphatic rings. The van der Waals surface area contributed by atoms with Gasteiger partial charge in [-0.2, -0.15) is 11.8 Å². The van der Waals surface area contributed by atoms with Crippen LogP contribution in [0.5, 0.6) is 0 Å². The van der Waals surface area contributed by atoms with Crippen LogP contribution in [0.3, 0.4) is 0 Å². The van der Waals surface area contributed by atoms with E-state index in [-0.39, 0.29) is 5.78 Å². The normalized spacial score (nSPS) is 18.1. The standard InChI is InChI=1S/C11H16OS/c1-2-6-10(12)9-13-11-7-4-3-5-8-11/h1,11H,3-9H2. The molecular formula is C11H16OS. The zero-order chi connectivity index (χ0) is 9.52. The maximum atomic E-state index is 11.1. The second-order valence-electron chi connectivity index (χ2n) is 3.49. The number of carbonyl (C=O) groups excluding carboxylic acids is 1. The summed E-state index contributed by atoms with van der Waals surface area (Å²) in [6, 6.07) is 0.